The van der Waals surface area contributed by atoms with Gasteiger partial charge in [0.05, 0.1) is 22.8 Å². The Bertz CT molecular complexity index is 1440. The Morgan fingerprint density at radius 2 is 1.70 bits per heavy atom. The average Bonchev–Trinajstić information content (AvgIpc) is 3.27. The Morgan fingerprint density at radius 1 is 0.879 bits per heavy atom. The molecule has 0 bridgehead atoms. The maximum Gasteiger partial charge on any atom is 0.233 e. The van der Waals surface area contributed by atoms with Gasteiger partial charge in [-0.15, -0.1) is 0 Å². The molecule has 3 aromatic heterocycles. The van der Waals surface area contributed by atoms with E-state index >= 15 is 0 Å². The molecule has 3 N–H and O–H groups in total. The molecule has 164 valence electrons. The van der Waals surface area contributed by atoms with E-state index in [1.54, 1.807) is 19.3 Å². The highest BCUT2D eigenvalue weighted by molar-refractivity contribution is 5.80. The summed E-state index contributed by atoms with van der Waals surface area (Å²) in [6.45, 7) is 1.72. The quantitative estimate of drug-likeness (QED) is 0.352. The fourth-order valence-electron chi connectivity index (χ4n) is 3.33. The average molecular weight is 445 g/mol. The van der Waals surface area contributed by atoms with Gasteiger partial charge in [0.1, 0.15) is 18.0 Å². The van der Waals surface area contributed by atoms with Gasteiger partial charge in [0, 0.05) is 35.7 Å². The van der Waals surface area contributed by atoms with Crippen LogP contribution in [0.3, 0.4) is 0 Å². The summed E-state index contributed by atoms with van der Waals surface area (Å²) in [6, 6.07) is 10.5. The van der Waals surface area contributed by atoms with Gasteiger partial charge >= 0.3 is 0 Å². The van der Waals surface area contributed by atoms with Crippen molar-refractivity contribution in [2.75, 3.05) is 10.6 Å². The van der Waals surface area contributed by atoms with Gasteiger partial charge in [-0.2, -0.15) is 10.1 Å². The zero-order chi connectivity index (χ0) is 22.8. The van der Waals surface area contributed by atoms with Gasteiger partial charge in [0.2, 0.25) is 11.9 Å². The third-order valence-corrected chi connectivity index (χ3v) is 4.94. The van der Waals surface area contributed by atoms with Gasteiger partial charge in [-0.3, -0.25) is 15.1 Å². The highest BCUT2D eigenvalue weighted by atomic mass is 19.1. The van der Waals surface area contributed by atoms with E-state index in [0.29, 0.717) is 11.4 Å². The normalized spacial score (nSPS) is 12.0. The van der Waals surface area contributed by atoms with Crippen LogP contribution < -0.4 is 10.6 Å². The van der Waals surface area contributed by atoms with Crippen LogP contribution in [0.1, 0.15) is 18.5 Å². The third-order valence-electron chi connectivity index (χ3n) is 4.94. The molecule has 0 saturated carbocycles. The second-order valence-corrected chi connectivity index (χ2v) is 7.22. The zero-order valence-corrected chi connectivity index (χ0v) is 17.3. The second-order valence-electron chi connectivity index (χ2n) is 7.22. The molecule has 5 rings (SSSR count). The molecule has 0 spiro atoms. The minimum atomic E-state index is -0.647. The topological polar surface area (TPSA) is 117 Å². The lowest BCUT2D eigenvalue weighted by Crippen LogP contribution is -2.12. The molecule has 33 heavy (non-hydrogen) atoms. The fourth-order valence-corrected chi connectivity index (χ4v) is 3.33. The zero-order valence-electron chi connectivity index (χ0n) is 17.3. The highest BCUT2D eigenvalue weighted by Gasteiger charge is 2.14. The van der Waals surface area contributed by atoms with Gasteiger partial charge in [0.15, 0.2) is 5.82 Å². The number of hydrogen-bond donors (Lipinski definition) is 3. The summed E-state index contributed by atoms with van der Waals surface area (Å²) in [5.74, 6) is -0.301. The van der Waals surface area contributed by atoms with Crippen molar-refractivity contribution in [2.24, 2.45) is 0 Å². The van der Waals surface area contributed by atoms with Crippen molar-refractivity contribution < 1.29 is 8.78 Å². The Morgan fingerprint density at radius 3 is 2.55 bits per heavy atom. The molecule has 0 aliphatic carbocycles. The number of halogens is 2. The summed E-state index contributed by atoms with van der Waals surface area (Å²) < 4.78 is 27.2. The first-order chi connectivity index (χ1) is 16.0. The Labute approximate surface area is 186 Å². The summed E-state index contributed by atoms with van der Waals surface area (Å²) in [5.41, 5.74) is 3.55. The maximum absolute atomic E-state index is 14.0. The lowest BCUT2D eigenvalue weighted by molar-refractivity contribution is 0.566. The van der Waals surface area contributed by atoms with Crippen LogP contribution in [0.2, 0.25) is 0 Å². The van der Waals surface area contributed by atoms with Crippen molar-refractivity contribution in [3.05, 3.63) is 78.4 Å². The van der Waals surface area contributed by atoms with E-state index in [1.165, 1.54) is 18.5 Å². The SMILES string of the molecule is C[C@H](Nc1ncnc(Nc2cc(-c3ccc4nccnc4c3)[nH]n2)n1)c1ccc(F)cc1F. The van der Waals surface area contributed by atoms with Crippen LogP contribution in [0, 0.1) is 11.6 Å². The fraction of sp³-hybridized carbons (Fsp3) is 0.0909. The number of anilines is 3. The molecule has 2 aromatic carbocycles. The van der Waals surface area contributed by atoms with Gasteiger partial charge in [-0.25, -0.2) is 18.7 Å². The predicted octanol–water partition coefficient (Wildman–Crippen LogP) is 4.40. The van der Waals surface area contributed by atoms with Crippen molar-refractivity contribution in [3.8, 4) is 11.3 Å². The molecular weight excluding hydrogens is 428 g/mol. The maximum atomic E-state index is 14.0. The van der Waals surface area contributed by atoms with Crippen molar-refractivity contribution in [3.63, 3.8) is 0 Å². The Balaban J connectivity index is 1.31. The molecule has 0 amide bonds. The summed E-state index contributed by atoms with van der Waals surface area (Å²) in [6.07, 6.45) is 4.61. The molecule has 0 radical (unpaired) electrons. The van der Waals surface area contributed by atoms with Gasteiger partial charge in [0.25, 0.3) is 0 Å². The van der Waals surface area contributed by atoms with Crippen molar-refractivity contribution in [1.29, 1.82) is 0 Å². The molecule has 0 aliphatic rings. The number of nitrogens with zero attached hydrogens (tertiary/aromatic N) is 6. The molecule has 1 atom stereocenters. The van der Waals surface area contributed by atoms with Crippen LogP contribution in [0.4, 0.5) is 26.5 Å². The van der Waals surface area contributed by atoms with Gasteiger partial charge in [-0.1, -0.05) is 12.1 Å². The van der Waals surface area contributed by atoms with Gasteiger partial charge < -0.3 is 10.6 Å². The van der Waals surface area contributed by atoms with Crippen LogP contribution in [-0.4, -0.2) is 35.1 Å². The number of rotatable bonds is 6. The highest BCUT2D eigenvalue weighted by Crippen LogP contribution is 2.24. The smallest absolute Gasteiger partial charge is 0.233 e. The van der Waals surface area contributed by atoms with Crippen LogP contribution >= 0.6 is 0 Å². The third kappa shape index (κ3) is 4.42. The monoisotopic (exact) mass is 445 g/mol. The number of nitrogens with one attached hydrogen (secondary N) is 3. The molecule has 9 nitrogen and oxygen atoms in total. The van der Waals surface area contributed by atoms with E-state index in [4.69, 9.17) is 0 Å². The minimum Gasteiger partial charge on any atom is -0.347 e. The largest absolute Gasteiger partial charge is 0.347 e. The standard InChI is InChI=1S/C22H17F2N9/c1-12(15-4-3-14(23)9-16(15)24)29-21-27-11-28-22(31-21)30-20-10-18(32-33-20)13-2-5-17-19(8-13)26-7-6-25-17/h2-12H,1H3,(H3,27,28,29,30,31,32,33)/t12-/m0/s1. The van der Waals surface area contributed by atoms with E-state index in [-0.39, 0.29) is 11.9 Å². The van der Waals surface area contributed by atoms with Gasteiger partial charge in [-0.05, 0) is 25.1 Å². The number of aromatic nitrogens is 7. The summed E-state index contributed by atoms with van der Waals surface area (Å²) in [4.78, 5) is 21.0. The first-order valence-electron chi connectivity index (χ1n) is 9.99. The van der Waals surface area contributed by atoms with E-state index in [9.17, 15) is 8.78 Å². The van der Waals surface area contributed by atoms with Crippen molar-refractivity contribution in [2.45, 2.75) is 13.0 Å². The molecule has 11 heteroatoms. The Kier molecular flexibility index (Phi) is 5.27. The number of fused-ring (bicyclic) bond motifs is 1. The summed E-state index contributed by atoms with van der Waals surface area (Å²) >= 11 is 0. The molecule has 0 fully saturated rings. The molecule has 3 heterocycles. The van der Waals surface area contributed by atoms with Crippen molar-refractivity contribution in [1.82, 2.24) is 35.1 Å². The number of H-pyrrole nitrogens is 1. The Hall–Kier alpha value is -4.54. The summed E-state index contributed by atoms with van der Waals surface area (Å²) in [7, 11) is 0. The number of aromatic amines is 1. The molecule has 0 saturated heterocycles. The number of benzene rings is 2. The van der Waals surface area contributed by atoms with E-state index in [2.05, 4.69) is 45.8 Å². The summed E-state index contributed by atoms with van der Waals surface area (Å²) in [5, 5.41) is 13.2. The van der Waals surface area contributed by atoms with Crippen LogP contribution in [0.5, 0.6) is 0 Å². The second kappa shape index (κ2) is 8.54. The van der Waals surface area contributed by atoms with E-state index < -0.39 is 17.7 Å². The first kappa shape index (κ1) is 20.4. The number of hydrogen-bond acceptors (Lipinski definition) is 8. The molecule has 5 aromatic rings. The first-order valence-corrected chi connectivity index (χ1v) is 9.99. The van der Waals surface area contributed by atoms with Crippen LogP contribution in [0.25, 0.3) is 22.3 Å². The molecular formula is C22H17F2N9. The van der Waals surface area contributed by atoms with Crippen LogP contribution in [0.15, 0.2) is 61.2 Å². The van der Waals surface area contributed by atoms with Crippen LogP contribution in [-0.2, 0) is 0 Å². The molecule has 0 unspecified atom stereocenters. The van der Waals surface area contributed by atoms with Crippen molar-refractivity contribution >= 4 is 28.7 Å². The molecule has 0 aliphatic heterocycles. The minimum absolute atomic E-state index is 0.229. The lowest BCUT2D eigenvalue weighted by Gasteiger charge is -2.15. The predicted molar refractivity (Wildman–Crippen MR) is 119 cm³/mol. The van der Waals surface area contributed by atoms with E-state index in [1.807, 2.05) is 24.3 Å². The lowest BCUT2D eigenvalue weighted by atomic mass is 10.1. The van der Waals surface area contributed by atoms with E-state index in [0.717, 1.165) is 28.4 Å².